The summed E-state index contributed by atoms with van der Waals surface area (Å²) in [6.07, 6.45) is 0. The summed E-state index contributed by atoms with van der Waals surface area (Å²) in [5.41, 5.74) is 7.41. The molecule has 0 bridgehead atoms. The van der Waals surface area contributed by atoms with Gasteiger partial charge in [-0.2, -0.15) is 0 Å². The zero-order valence-corrected chi connectivity index (χ0v) is 18.0. The topological polar surface area (TPSA) is 50.2 Å². The molecular weight excluding hydrogens is 414 g/mol. The van der Waals surface area contributed by atoms with Crippen LogP contribution in [0.4, 0.5) is 0 Å². The molecule has 0 aliphatic carbocycles. The van der Waals surface area contributed by atoms with E-state index in [1.807, 2.05) is 30.3 Å². The Bertz CT molecular complexity index is 1910. The molecule has 0 radical (unpaired) electrons. The molecule has 3 heterocycles. The van der Waals surface area contributed by atoms with Crippen molar-refractivity contribution in [2.45, 2.75) is 6.92 Å². The number of hydrogen-bond donors (Lipinski definition) is 1. The molecule has 0 unspecified atom stereocenters. The smallest absolute Gasteiger partial charge is 0.266 e. The highest BCUT2D eigenvalue weighted by Crippen LogP contribution is 2.35. The number of fused-ring (bicyclic) bond motifs is 8. The van der Waals surface area contributed by atoms with E-state index in [0.717, 1.165) is 47.9 Å². The summed E-state index contributed by atoms with van der Waals surface area (Å²) in [7, 11) is 0. The van der Waals surface area contributed by atoms with Crippen LogP contribution in [0.1, 0.15) is 5.56 Å². The van der Waals surface area contributed by atoms with Crippen molar-refractivity contribution in [3.63, 3.8) is 0 Å². The Labute approximate surface area is 186 Å². The SMILES string of the molecule is Cc1ccc(-c2ccc3c(c2)[nH]c2ccc4c(nc5sc6ccccc6c(=O)n54)c23)cc1. The van der Waals surface area contributed by atoms with E-state index in [-0.39, 0.29) is 5.56 Å². The summed E-state index contributed by atoms with van der Waals surface area (Å²) in [6.45, 7) is 2.10. The Balaban J connectivity index is 1.55. The van der Waals surface area contributed by atoms with Gasteiger partial charge < -0.3 is 4.98 Å². The Morgan fingerprint density at radius 2 is 1.66 bits per heavy atom. The fraction of sp³-hybridized carbons (Fsp3) is 0.0370. The number of rotatable bonds is 1. The molecule has 0 spiro atoms. The van der Waals surface area contributed by atoms with Gasteiger partial charge in [0.1, 0.15) is 5.52 Å². The number of aromatic amines is 1. The molecule has 32 heavy (non-hydrogen) atoms. The van der Waals surface area contributed by atoms with Crippen LogP contribution >= 0.6 is 11.3 Å². The van der Waals surface area contributed by atoms with E-state index in [1.165, 1.54) is 16.7 Å². The van der Waals surface area contributed by atoms with Crippen molar-refractivity contribution in [3.8, 4) is 11.1 Å². The predicted molar refractivity (Wildman–Crippen MR) is 134 cm³/mol. The molecule has 0 fully saturated rings. The molecule has 0 aliphatic heterocycles. The highest BCUT2D eigenvalue weighted by molar-refractivity contribution is 7.23. The number of aryl methyl sites for hydroxylation is 1. The molecule has 152 valence electrons. The number of nitrogens with zero attached hydrogens (tertiary/aromatic N) is 2. The molecule has 5 heteroatoms. The largest absolute Gasteiger partial charge is 0.354 e. The minimum absolute atomic E-state index is 0.0160. The molecule has 3 aromatic heterocycles. The first kappa shape index (κ1) is 17.7. The van der Waals surface area contributed by atoms with Crippen LogP contribution in [-0.2, 0) is 0 Å². The van der Waals surface area contributed by atoms with Crippen molar-refractivity contribution in [2.75, 3.05) is 0 Å². The van der Waals surface area contributed by atoms with Gasteiger partial charge in [-0.15, -0.1) is 0 Å². The second-order valence-corrected chi connectivity index (χ2v) is 9.25. The maximum atomic E-state index is 13.2. The van der Waals surface area contributed by atoms with E-state index in [9.17, 15) is 4.79 Å². The quantitative estimate of drug-likeness (QED) is 0.315. The monoisotopic (exact) mass is 431 g/mol. The predicted octanol–water partition coefficient (Wildman–Crippen LogP) is 6.67. The highest BCUT2D eigenvalue weighted by atomic mass is 32.1. The summed E-state index contributed by atoms with van der Waals surface area (Å²) in [5, 5.41) is 2.91. The van der Waals surface area contributed by atoms with Crippen LogP contribution in [0, 0.1) is 6.92 Å². The number of aromatic nitrogens is 3. The fourth-order valence-electron chi connectivity index (χ4n) is 4.65. The lowest BCUT2D eigenvalue weighted by Gasteiger charge is -2.03. The first-order valence-corrected chi connectivity index (χ1v) is 11.3. The molecule has 0 aliphatic rings. The van der Waals surface area contributed by atoms with Gasteiger partial charge in [0.25, 0.3) is 5.56 Å². The molecule has 4 aromatic carbocycles. The van der Waals surface area contributed by atoms with E-state index in [4.69, 9.17) is 4.98 Å². The minimum Gasteiger partial charge on any atom is -0.354 e. The summed E-state index contributed by atoms with van der Waals surface area (Å²) < 4.78 is 2.71. The third kappa shape index (κ3) is 2.37. The van der Waals surface area contributed by atoms with Gasteiger partial charge in [0.15, 0.2) is 4.96 Å². The molecule has 0 saturated heterocycles. The van der Waals surface area contributed by atoms with Gasteiger partial charge in [0, 0.05) is 26.5 Å². The summed E-state index contributed by atoms with van der Waals surface area (Å²) in [6, 6.07) is 26.9. The molecule has 7 rings (SSSR count). The van der Waals surface area contributed by atoms with E-state index in [1.54, 1.807) is 15.7 Å². The first-order chi connectivity index (χ1) is 15.7. The van der Waals surface area contributed by atoms with E-state index >= 15 is 0 Å². The average Bonchev–Trinajstić information content (AvgIpc) is 3.37. The maximum Gasteiger partial charge on any atom is 0.266 e. The normalized spacial score (nSPS) is 12.0. The molecule has 1 N–H and O–H groups in total. The van der Waals surface area contributed by atoms with Gasteiger partial charge in [-0.05, 0) is 48.4 Å². The molecule has 4 nitrogen and oxygen atoms in total. The Hall–Kier alpha value is -3.96. The number of hydrogen-bond acceptors (Lipinski definition) is 3. The van der Waals surface area contributed by atoms with Crippen LogP contribution in [0.15, 0.2) is 83.7 Å². The average molecular weight is 432 g/mol. The Kier molecular flexibility index (Phi) is 3.47. The Morgan fingerprint density at radius 1 is 0.844 bits per heavy atom. The highest BCUT2D eigenvalue weighted by Gasteiger charge is 2.16. The van der Waals surface area contributed by atoms with E-state index < -0.39 is 0 Å². The van der Waals surface area contributed by atoms with Crippen LogP contribution in [0.5, 0.6) is 0 Å². The Morgan fingerprint density at radius 3 is 2.53 bits per heavy atom. The van der Waals surface area contributed by atoms with E-state index in [2.05, 4.69) is 60.4 Å². The molecular formula is C27H17N3OS. The van der Waals surface area contributed by atoms with Crippen molar-refractivity contribution in [2.24, 2.45) is 0 Å². The summed E-state index contributed by atoms with van der Waals surface area (Å²) in [4.78, 5) is 22.5. The van der Waals surface area contributed by atoms with Gasteiger partial charge in [-0.3, -0.25) is 4.79 Å². The molecule has 0 amide bonds. The minimum atomic E-state index is -0.0160. The van der Waals surface area contributed by atoms with E-state index in [0.29, 0.717) is 0 Å². The lowest BCUT2D eigenvalue weighted by atomic mass is 10.0. The maximum absolute atomic E-state index is 13.2. The van der Waals surface area contributed by atoms with Crippen LogP contribution in [0.3, 0.4) is 0 Å². The zero-order chi connectivity index (χ0) is 21.4. The van der Waals surface area contributed by atoms with Crippen LogP contribution in [0.25, 0.3) is 59.0 Å². The fourth-order valence-corrected chi connectivity index (χ4v) is 5.67. The molecule has 0 atom stereocenters. The van der Waals surface area contributed by atoms with Crippen molar-refractivity contribution >= 4 is 59.2 Å². The first-order valence-electron chi connectivity index (χ1n) is 10.5. The molecule has 7 aromatic rings. The van der Waals surface area contributed by atoms with Crippen LogP contribution in [0.2, 0.25) is 0 Å². The van der Waals surface area contributed by atoms with Crippen molar-refractivity contribution < 1.29 is 0 Å². The zero-order valence-electron chi connectivity index (χ0n) is 17.2. The van der Waals surface area contributed by atoms with Gasteiger partial charge >= 0.3 is 0 Å². The third-order valence-electron chi connectivity index (χ3n) is 6.26. The van der Waals surface area contributed by atoms with Crippen molar-refractivity contribution in [1.82, 2.24) is 14.4 Å². The van der Waals surface area contributed by atoms with Gasteiger partial charge in [-0.25, -0.2) is 9.38 Å². The van der Waals surface area contributed by atoms with Crippen molar-refractivity contribution in [1.29, 1.82) is 0 Å². The summed E-state index contributed by atoms with van der Waals surface area (Å²) in [5.74, 6) is 0. The van der Waals surface area contributed by atoms with Gasteiger partial charge in [0.05, 0.1) is 10.9 Å². The lowest BCUT2D eigenvalue weighted by molar-refractivity contribution is 1.20. The number of imidazole rings is 1. The lowest BCUT2D eigenvalue weighted by Crippen LogP contribution is -2.11. The second-order valence-electron chi connectivity index (χ2n) is 8.24. The number of nitrogens with one attached hydrogen (secondary N) is 1. The van der Waals surface area contributed by atoms with Crippen LogP contribution in [-0.4, -0.2) is 14.4 Å². The second kappa shape index (κ2) is 6.28. The third-order valence-corrected chi connectivity index (χ3v) is 7.29. The standard InChI is InChI=1S/C27H17N3OS/c1-15-6-8-16(9-7-15)17-10-11-18-21(14-17)28-20-12-13-22-25(24(18)20)29-27-30(22)26(31)19-4-2-3-5-23(19)32-27/h2-14,28H,1H3. The van der Waals surface area contributed by atoms with Crippen molar-refractivity contribution in [3.05, 3.63) is 94.8 Å². The number of H-pyrrole nitrogens is 1. The van der Waals surface area contributed by atoms with Gasteiger partial charge in [0.2, 0.25) is 0 Å². The number of benzene rings is 4. The molecule has 0 saturated carbocycles. The summed E-state index contributed by atoms with van der Waals surface area (Å²) >= 11 is 1.55. The van der Waals surface area contributed by atoms with Gasteiger partial charge in [-0.1, -0.05) is 65.4 Å². The van der Waals surface area contributed by atoms with Crippen LogP contribution < -0.4 is 5.56 Å².